The Balaban J connectivity index is 2.47. The van der Waals surface area contributed by atoms with Gasteiger partial charge in [0.05, 0.1) is 0 Å². The van der Waals surface area contributed by atoms with Crippen LogP contribution in [0.5, 0.6) is 5.75 Å². The molecule has 1 N–H and O–H groups in total. The van der Waals surface area contributed by atoms with E-state index in [0.29, 0.717) is 8.58 Å². The lowest BCUT2D eigenvalue weighted by Gasteiger charge is -2.24. The van der Waals surface area contributed by atoms with Crippen molar-refractivity contribution in [3.63, 3.8) is 0 Å². The number of methoxy groups -OCH3 is 1. The number of rotatable bonds is 7. The van der Waals surface area contributed by atoms with Crippen molar-refractivity contribution < 1.29 is 9.47 Å². The minimum absolute atomic E-state index is 0.0829. The third-order valence-electron chi connectivity index (χ3n) is 4.80. The van der Waals surface area contributed by atoms with Gasteiger partial charge in [-0.15, -0.1) is 0 Å². The highest BCUT2D eigenvalue weighted by molar-refractivity contribution is 7.55. The minimum atomic E-state index is 0.0829. The Bertz CT molecular complexity index is 832. The van der Waals surface area contributed by atoms with Gasteiger partial charge in [0.25, 0.3) is 0 Å². The first kappa shape index (κ1) is 23.9. The molecule has 0 aliphatic rings. The molecule has 3 nitrogen and oxygen atoms in total. The summed E-state index contributed by atoms with van der Waals surface area (Å²) in [5, 5.41) is 6.25. The zero-order chi connectivity index (χ0) is 21.8. The molecule has 1 unspecified atom stereocenters. The number of benzene rings is 2. The lowest BCUT2D eigenvalue weighted by Crippen LogP contribution is -2.36. The first-order valence-electron chi connectivity index (χ1n) is 10.3. The van der Waals surface area contributed by atoms with Gasteiger partial charge in [-0.3, -0.25) is 0 Å². The van der Waals surface area contributed by atoms with Crippen LogP contribution in [0.25, 0.3) is 0 Å². The van der Waals surface area contributed by atoms with Gasteiger partial charge in [-0.1, -0.05) is 59.2 Å². The maximum absolute atomic E-state index is 6.00. The Kier molecular flexibility index (Phi) is 7.90. The lowest BCUT2D eigenvalue weighted by atomic mass is 9.86. The van der Waals surface area contributed by atoms with Crippen LogP contribution in [0.4, 0.5) is 0 Å². The van der Waals surface area contributed by atoms with Crippen molar-refractivity contribution in [2.24, 2.45) is 0 Å². The van der Waals surface area contributed by atoms with Crippen LogP contribution in [0.2, 0.25) is 0 Å². The van der Waals surface area contributed by atoms with Gasteiger partial charge >= 0.3 is 0 Å². The fourth-order valence-electron chi connectivity index (χ4n) is 3.11. The van der Waals surface area contributed by atoms with Crippen LogP contribution in [-0.2, 0) is 16.7 Å². The van der Waals surface area contributed by atoms with Gasteiger partial charge in [0.1, 0.15) is 5.75 Å². The van der Waals surface area contributed by atoms with E-state index in [1.54, 1.807) is 7.11 Å². The Morgan fingerprint density at radius 1 is 0.931 bits per heavy atom. The van der Waals surface area contributed by atoms with Crippen molar-refractivity contribution in [1.29, 1.82) is 0 Å². The Morgan fingerprint density at radius 3 is 2.21 bits per heavy atom. The second-order valence-corrected chi connectivity index (χ2v) is 11.2. The predicted molar refractivity (Wildman–Crippen MR) is 128 cm³/mol. The summed E-state index contributed by atoms with van der Waals surface area (Å²) in [6.07, 6.45) is 0. The first-order valence-corrected chi connectivity index (χ1v) is 11.3. The van der Waals surface area contributed by atoms with Crippen molar-refractivity contribution in [2.75, 3.05) is 13.9 Å². The van der Waals surface area contributed by atoms with Gasteiger partial charge < -0.3 is 14.8 Å². The second-order valence-electron chi connectivity index (χ2n) is 9.86. The largest absolute Gasteiger partial charge is 0.467 e. The molecular formula is C25H38NO2P. The van der Waals surface area contributed by atoms with Crippen molar-refractivity contribution in [1.82, 2.24) is 5.32 Å². The monoisotopic (exact) mass is 415 g/mol. The van der Waals surface area contributed by atoms with Crippen LogP contribution in [0.1, 0.15) is 63.8 Å². The van der Waals surface area contributed by atoms with E-state index < -0.39 is 0 Å². The molecular weight excluding hydrogens is 377 g/mol. The summed E-state index contributed by atoms with van der Waals surface area (Å²) < 4.78 is 11.2. The van der Waals surface area contributed by atoms with E-state index >= 15 is 0 Å². The van der Waals surface area contributed by atoms with E-state index in [2.05, 4.69) is 91.0 Å². The van der Waals surface area contributed by atoms with E-state index in [0.717, 1.165) is 12.3 Å². The average Bonchev–Trinajstić information content (AvgIpc) is 2.59. The standard InChI is InChI=1S/C25H38NO2P/c1-17-10-11-21(19(12-17)15-26-25(6,7)8)29-22-14-20(24(3,4)5)13-18(2)23(22)28-16-27-9/h10-14,26,29H,15-16H2,1-9H3. The minimum Gasteiger partial charge on any atom is -0.467 e. The Hall–Kier alpha value is -1.41. The molecule has 0 aliphatic carbocycles. The summed E-state index contributed by atoms with van der Waals surface area (Å²) >= 11 is 0. The van der Waals surface area contributed by atoms with E-state index in [4.69, 9.17) is 9.47 Å². The summed E-state index contributed by atoms with van der Waals surface area (Å²) in [6, 6.07) is 11.3. The van der Waals surface area contributed by atoms with E-state index in [9.17, 15) is 0 Å². The van der Waals surface area contributed by atoms with E-state index in [-0.39, 0.29) is 17.7 Å². The molecule has 0 saturated carbocycles. The van der Waals surface area contributed by atoms with Gasteiger partial charge in [0.15, 0.2) is 6.79 Å². The summed E-state index contributed by atoms with van der Waals surface area (Å²) in [5.74, 6) is 0.952. The average molecular weight is 416 g/mol. The molecule has 0 bridgehead atoms. The fourth-order valence-corrected chi connectivity index (χ4v) is 4.49. The Labute approximate surface area is 179 Å². The van der Waals surface area contributed by atoms with Gasteiger partial charge in [0.2, 0.25) is 0 Å². The van der Waals surface area contributed by atoms with Gasteiger partial charge in [-0.2, -0.15) is 0 Å². The Morgan fingerprint density at radius 2 is 1.62 bits per heavy atom. The van der Waals surface area contributed by atoms with Crippen LogP contribution >= 0.6 is 8.58 Å². The van der Waals surface area contributed by atoms with Crippen molar-refractivity contribution >= 4 is 19.2 Å². The smallest absolute Gasteiger partial charge is 0.188 e. The molecule has 0 saturated heterocycles. The molecule has 0 spiro atoms. The van der Waals surface area contributed by atoms with Crippen molar-refractivity contribution in [3.8, 4) is 5.75 Å². The van der Waals surface area contributed by atoms with Crippen LogP contribution in [0.3, 0.4) is 0 Å². The lowest BCUT2D eigenvalue weighted by molar-refractivity contribution is 0.0514. The number of ether oxygens (including phenoxy) is 2. The van der Waals surface area contributed by atoms with Gasteiger partial charge in [-0.05, 0) is 68.1 Å². The topological polar surface area (TPSA) is 30.5 Å². The molecule has 1 atom stereocenters. The normalized spacial score (nSPS) is 12.7. The highest BCUT2D eigenvalue weighted by Gasteiger charge is 2.20. The predicted octanol–water partition coefficient (Wildman–Crippen LogP) is 5.10. The van der Waals surface area contributed by atoms with Crippen molar-refractivity contribution in [3.05, 3.63) is 52.6 Å². The van der Waals surface area contributed by atoms with Crippen LogP contribution in [0.15, 0.2) is 30.3 Å². The number of aryl methyl sites for hydroxylation is 2. The zero-order valence-corrected chi connectivity index (χ0v) is 20.6. The van der Waals surface area contributed by atoms with Crippen LogP contribution in [0, 0.1) is 13.8 Å². The molecule has 0 aliphatic heterocycles. The maximum atomic E-state index is 6.00. The highest BCUT2D eigenvalue weighted by atomic mass is 31.1. The molecule has 160 valence electrons. The second kappa shape index (κ2) is 9.60. The molecule has 2 aromatic rings. The summed E-state index contributed by atoms with van der Waals surface area (Å²) in [7, 11) is 2.19. The first-order chi connectivity index (χ1) is 13.4. The van der Waals surface area contributed by atoms with E-state index in [1.807, 2.05) is 0 Å². The van der Waals surface area contributed by atoms with Crippen LogP contribution < -0.4 is 20.7 Å². The van der Waals surface area contributed by atoms with Crippen LogP contribution in [-0.4, -0.2) is 19.4 Å². The molecule has 2 aromatic carbocycles. The fraction of sp³-hybridized carbons (Fsp3) is 0.520. The molecule has 0 aromatic heterocycles. The summed E-state index contributed by atoms with van der Waals surface area (Å²) in [4.78, 5) is 0. The SMILES string of the molecule is COCOc1c(C)cc(C(C)(C)C)cc1Pc1ccc(C)cc1CNC(C)(C)C. The quantitative estimate of drug-likeness (QED) is 0.504. The van der Waals surface area contributed by atoms with E-state index in [1.165, 1.54) is 32.9 Å². The number of nitrogens with one attached hydrogen (secondary N) is 1. The maximum Gasteiger partial charge on any atom is 0.188 e. The molecule has 4 heteroatoms. The highest BCUT2D eigenvalue weighted by Crippen LogP contribution is 2.31. The molecule has 0 heterocycles. The molecule has 0 radical (unpaired) electrons. The zero-order valence-electron chi connectivity index (χ0n) is 19.6. The van der Waals surface area contributed by atoms with Gasteiger partial charge in [-0.25, -0.2) is 0 Å². The van der Waals surface area contributed by atoms with Gasteiger partial charge in [0, 0.05) is 24.5 Å². The summed E-state index contributed by atoms with van der Waals surface area (Å²) in [6.45, 7) is 18.8. The third kappa shape index (κ3) is 7.10. The molecule has 2 rings (SSSR count). The summed E-state index contributed by atoms with van der Waals surface area (Å²) in [5.41, 5.74) is 5.32. The number of hydrogen-bond donors (Lipinski definition) is 1. The third-order valence-corrected chi connectivity index (χ3v) is 6.20. The molecule has 0 fully saturated rings. The molecule has 0 amide bonds. The molecule has 29 heavy (non-hydrogen) atoms. The van der Waals surface area contributed by atoms with Crippen molar-refractivity contribution in [2.45, 2.75) is 72.9 Å². The number of hydrogen-bond acceptors (Lipinski definition) is 3.